The van der Waals surface area contributed by atoms with Crippen LogP contribution in [0.1, 0.15) is 28.3 Å². The lowest BCUT2D eigenvalue weighted by atomic mass is 10.0. The van der Waals surface area contributed by atoms with Gasteiger partial charge < -0.3 is 75.7 Å². The van der Waals surface area contributed by atoms with Gasteiger partial charge in [-0.1, -0.05) is 12.1 Å². The van der Waals surface area contributed by atoms with Gasteiger partial charge in [-0.2, -0.15) is 8.42 Å². The fourth-order valence-electron chi connectivity index (χ4n) is 4.05. The van der Waals surface area contributed by atoms with Crippen molar-refractivity contribution in [1.82, 2.24) is 19.9 Å². The molecule has 0 radical (unpaired) electrons. The molecule has 0 saturated heterocycles. The Kier molecular flexibility index (Phi) is 27.1. The zero-order valence-corrected chi connectivity index (χ0v) is 24.5. The molecular formula is C26H42N4O15S. The van der Waals surface area contributed by atoms with E-state index in [9.17, 15) is 13.0 Å². The van der Waals surface area contributed by atoms with Crippen molar-refractivity contribution in [3.63, 3.8) is 0 Å². The highest BCUT2D eigenvalue weighted by atomic mass is 32.2. The van der Waals surface area contributed by atoms with Gasteiger partial charge >= 0.3 is 0 Å². The largest absolute Gasteiger partial charge is 0.412 e. The van der Waals surface area contributed by atoms with Crippen molar-refractivity contribution < 1.29 is 78.7 Å². The SMILES string of the molecule is O.O.O.O.O.O.O.O.O.O.O.O.O=S(=O)(O)c1ccc(C2=Cc3cc4ccc(cc5nc(cc6ccc(cc2n3)[nH]6)C=C5)[nH]4)cc1. The summed E-state index contributed by atoms with van der Waals surface area (Å²) in [5.41, 5.74) is 8.48. The Morgan fingerprint density at radius 1 is 0.500 bits per heavy atom. The van der Waals surface area contributed by atoms with Crippen molar-refractivity contribution in [1.29, 1.82) is 0 Å². The number of aromatic nitrogens is 4. The van der Waals surface area contributed by atoms with Crippen molar-refractivity contribution >= 4 is 56.0 Å². The van der Waals surface area contributed by atoms with Crippen LogP contribution in [0.15, 0.2) is 77.7 Å². The van der Waals surface area contributed by atoms with Crippen LogP contribution in [0.2, 0.25) is 0 Å². The van der Waals surface area contributed by atoms with Gasteiger partial charge in [0, 0.05) is 27.6 Å². The molecule has 4 aromatic rings. The molecule has 2 aliphatic heterocycles. The van der Waals surface area contributed by atoms with E-state index in [1.165, 1.54) is 12.1 Å². The molecule has 46 heavy (non-hydrogen) atoms. The standard InChI is InChI=1S/C26H18N4O3S.12H2O/c31-34(32,33)24-9-1-16(2-10-24)25-14-23-13-21-6-5-19(28-21)11-17-3-4-18(27-17)12-20-7-8-22(29-20)15-26(25)30-23;;;;;;;;;;;;/h1-15,28-29H,(H,31,32,33);12*1H2. The van der Waals surface area contributed by atoms with Crippen molar-refractivity contribution in [2.24, 2.45) is 0 Å². The summed E-state index contributed by atoms with van der Waals surface area (Å²) in [4.78, 5) is 16.1. The first kappa shape index (κ1) is 57.0. The lowest BCUT2D eigenvalue weighted by molar-refractivity contribution is 0.483. The highest BCUT2D eigenvalue weighted by Gasteiger charge is 2.15. The zero-order chi connectivity index (χ0) is 23.3. The predicted molar refractivity (Wildman–Crippen MR) is 177 cm³/mol. The predicted octanol–water partition coefficient (Wildman–Crippen LogP) is -4.58. The maximum Gasteiger partial charge on any atom is 0.294 e. The summed E-state index contributed by atoms with van der Waals surface area (Å²) in [5.74, 6) is 0. The molecule has 20 heteroatoms. The van der Waals surface area contributed by atoms with Gasteiger partial charge in [0.1, 0.15) is 0 Å². The molecule has 19 nitrogen and oxygen atoms in total. The normalized spacial score (nSPS) is 9.72. The van der Waals surface area contributed by atoms with Crippen LogP contribution in [-0.4, -0.2) is 98.6 Å². The van der Waals surface area contributed by atoms with Crippen LogP contribution in [0, 0.1) is 0 Å². The molecule has 1 aromatic carbocycles. The highest BCUT2D eigenvalue weighted by molar-refractivity contribution is 7.85. The number of hydrogen-bond donors (Lipinski definition) is 3. The van der Waals surface area contributed by atoms with Crippen LogP contribution in [0.4, 0.5) is 0 Å². The first-order chi connectivity index (χ1) is 16.4. The summed E-state index contributed by atoms with van der Waals surface area (Å²) in [6, 6.07) is 21.9. The average molecular weight is 683 g/mol. The summed E-state index contributed by atoms with van der Waals surface area (Å²) in [7, 11) is -4.26. The fourth-order valence-corrected chi connectivity index (χ4v) is 4.53. The van der Waals surface area contributed by atoms with Crippen LogP contribution in [0.5, 0.6) is 0 Å². The van der Waals surface area contributed by atoms with E-state index < -0.39 is 10.1 Å². The van der Waals surface area contributed by atoms with Crippen LogP contribution in [0.25, 0.3) is 45.9 Å². The molecule has 0 unspecified atom stereocenters. The second kappa shape index (κ2) is 21.9. The number of hydrogen-bond acceptors (Lipinski definition) is 4. The van der Waals surface area contributed by atoms with Crippen LogP contribution in [-0.2, 0) is 10.1 Å². The molecule has 0 spiro atoms. The second-order valence-electron chi connectivity index (χ2n) is 8.09. The summed E-state index contributed by atoms with van der Waals surface area (Å²) >= 11 is 0. The molecule has 8 bridgehead atoms. The van der Waals surface area contributed by atoms with Gasteiger partial charge in [0.15, 0.2) is 0 Å². The summed E-state index contributed by atoms with van der Waals surface area (Å²) in [6.45, 7) is 0. The lowest BCUT2D eigenvalue weighted by Crippen LogP contribution is -1.97. The number of benzene rings is 1. The number of aromatic amines is 2. The number of H-pyrrole nitrogens is 2. The zero-order valence-electron chi connectivity index (χ0n) is 23.7. The van der Waals surface area contributed by atoms with E-state index in [2.05, 4.69) is 15.0 Å². The Morgan fingerprint density at radius 3 is 1.30 bits per heavy atom. The minimum atomic E-state index is -4.26. The fraction of sp³-hybridized carbons (Fsp3) is 0. The molecule has 3 aromatic heterocycles. The maximum atomic E-state index is 11.4. The monoisotopic (exact) mass is 682 g/mol. The topological polar surface area (TPSA) is 490 Å². The number of fused-ring (bicyclic) bond motifs is 8. The molecule has 5 heterocycles. The van der Waals surface area contributed by atoms with Crippen LogP contribution in [0.3, 0.4) is 0 Å². The van der Waals surface area contributed by atoms with Crippen LogP contribution < -0.4 is 0 Å². The van der Waals surface area contributed by atoms with E-state index in [0.29, 0.717) is 0 Å². The average Bonchev–Trinajstić information content (AvgIpc) is 3.58. The number of nitrogens with one attached hydrogen (secondary N) is 2. The van der Waals surface area contributed by atoms with Gasteiger partial charge in [0.2, 0.25) is 0 Å². The Hall–Kier alpha value is -4.75. The van der Waals surface area contributed by atoms with Crippen molar-refractivity contribution in [2.75, 3.05) is 0 Å². The van der Waals surface area contributed by atoms with Crippen molar-refractivity contribution in [3.05, 3.63) is 101 Å². The third kappa shape index (κ3) is 11.6. The Morgan fingerprint density at radius 2 is 0.891 bits per heavy atom. The van der Waals surface area contributed by atoms with Gasteiger partial charge in [-0.15, -0.1) is 0 Å². The highest BCUT2D eigenvalue weighted by Crippen LogP contribution is 2.29. The van der Waals surface area contributed by atoms with Crippen molar-refractivity contribution in [2.45, 2.75) is 4.90 Å². The van der Waals surface area contributed by atoms with Crippen molar-refractivity contribution in [3.8, 4) is 0 Å². The molecule has 2 aliphatic rings. The van der Waals surface area contributed by atoms with Gasteiger partial charge in [0.25, 0.3) is 10.1 Å². The lowest BCUT2D eigenvalue weighted by Gasteiger charge is -2.03. The van der Waals surface area contributed by atoms with Crippen LogP contribution >= 0.6 is 0 Å². The smallest absolute Gasteiger partial charge is 0.294 e. The Labute approximate surface area is 260 Å². The van der Waals surface area contributed by atoms with E-state index in [0.717, 1.165) is 56.0 Å². The van der Waals surface area contributed by atoms with E-state index >= 15 is 0 Å². The molecule has 0 fully saturated rings. The molecule has 0 saturated carbocycles. The van der Waals surface area contributed by atoms with Gasteiger partial charge in [0.05, 0.1) is 27.7 Å². The first-order valence-corrected chi connectivity index (χ1v) is 12.0. The summed E-state index contributed by atoms with van der Waals surface area (Å²) in [5, 5.41) is 0. The molecular weight excluding hydrogens is 640 g/mol. The minimum absolute atomic E-state index is 0. The number of nitrogens with zero attached hydrogens (tertiary/aromatic N) is 2. The summed E-state index contributed by atoms with van der Waals surface area (Å²) in [6.07, 6.45) is 5.91. The van der Waals surface area contributed by atoms with E-state index in [4.69, 9.17) is 4.98 Å². The van der Waals surface area contributed by atoms with Gasteiger partial charge in [-0.05, 0) is 84.5 Å². The molecule has 0 aliphatic carbocycles. The molecule has 0 amide bonds. The molecule has 262 valence electrons. The molecule has 27 N–H and O–H groups in total. The quantitative estimate of drug-likeness (QED) is 0.151. The maximum absolute atomic E-state index is 11.4. The van der Waals surface area contributed by atoms with E-state index in [-0.39, 0.29) is 70.6 Å². The van der Waals surface area contributed by atoms with E-state index in [1.807, 2.05) is 66.8 Å². The second-order valence-corrected chi connectivity index (χ2v) is 9.51. The first-order valence-electron chi connectivity index (χ1n) is 10.6. The number of rotatable bonds is 2. The van der Waals surface area contributed by atoms with E-state index in [1.54, 1.807) is 12.1 Å². The summed E-state index contributed by atoms with van der Waals surface area (Å²) < 4.78 is 32.2. The minimum Gasteiger partial charge on any atom is -0.412 e. The third-order valence-corrected chi connectivity index (χ3v) is 6.50. The Bertz CT molecular complexity index is 1800. The van der Waals surface area contributed by atoms with Gasteiger partial charge in [-0.3, -0.25) is 4.55 Å². The molecule has 0 atom stereocenters. The third-order valence-electron chi connectivity index (χ3n) is 5.63. The van der Waals surface area contributed by atoms with Gasteiger partial charge in [-0.25, -0.2) is 9.97 Å². The molecule has 6 rings (SSSR count). The Balaban J connectivity index is -0.000000253.